The van der Waals surface area contributed by atoms with Crippen LogP contribution in [-0.2, 0) is 12.6 Å². The Hall–Kier alpha value is -3.63. The van der Waals surface area contributed by atoms with Crippen LogP contribution in [0.5, 0.6) is 0 Å². The monoisotopic (exact) mass is 391 g/mol. The molecule has 28 heavy (non-hydrogen) atoms. The quantitative estimate of drug-likeness (QED) is 0.559. The summed E-state index contributed by atoms with van der Waals surface area (Å²) in [6.45, 7) is 1.67. The SMILES string of the molecule is CCc1c(C(=O)O)nc2c(=O)[nH]c3cc(C(F)(F)F)c(-n4ccnc4)cc3n12. The van der Waals surface area contributed by atoms with E-state index in [1.807, 2.05) is 0 Å². The maximum absolute atomic E-state index is 13.6. The van der Waals surface area contributed by atoms with Crippen molar-refractivity contribution in [3.63, 3.8) is 0 Å². The Balaban J connectivity index is 2.21. The minimum absolute atomic E-state index is 0.0854. The predicted octanol–water partition coefficient (Wildman–Crippen LogP) is 2.64. The molecule has 0 bridgehead atoms. The number of fused-ring (bicyclic) bond motifs is 3. The van der Waals surface area contributed by atoms with E-state index in [1.165, 1.54) is 33.8 Å². The van der Waals surface area contributed by atoms with Crippen LogP contribution in [0, 0.1) is 0 Å². The molecule has 0 fully saturated rings. The average molecular weight is 391 g/mol. The van der Waals surface area contributed by atoms with Crippen LogP contribution in [-0.4, -0.2) is 35.0 Å². The van der Waals surface area contributed by atoms with E-state index in [-0.39, 0.29) is 40.2 Å². The molecule has 3 aromatic heterocycles. The zero-order valence-electron chi connectivity index (χ0n) is 14.3. The first-order valence-electron chi connectivity index (χ1n) is 8.12. The minimum Gasteiger partial charge on any atom is -0.476 e. The number of carboxylic acid groups (broad SMARTS) is 1. The second-order valence-corrected chi connectivity index (χ2v) is 6.03. The molecule has 0 atom stereocenters. The number of benzene rings is 1. The lowest BCUT2D eigenvalue weighted by atomic mass is 10.1. The van der Waals surface area contributed by atoms with Gasteiger partial charge in [0.15, 0.2) is 5.69 Å². The van der Waals surface area contributed by atoms with Crippen LogP contribution in [0.15, 0.2) is 35.6 Å². The number of halogens is 3. The molecule has 0 unspecified atom stereocenters. The van der Waals surface area contributed by atoms with E-state index in [9.17, 15) is 27.9 Å². The van der Waals surface area contributed by atoms with Gasteiger partial charge in [0.05, 0.1) is 34.3 Å². The number of aryl methyl sites for hydroxylation is 1. The highest BCUT2D eigenvalue weighted by Crippen LogP contribution is 2.36. The second kappa shape index (κ2) is 5.94. The van der Waals surface area contributed by atoms with E-state index in [0.717, 1.165) is 6.07 Å². The van der Waals surface area contributed by atoms with E-state index < -0.39 is 23.3 Å². The van der Waals surface area contributed by atoms with Crippen LogP contribution in [0.3, 0.4) is 0 Å². The number of nitrogens with one attached hydrogen (secondary N) is 1. The first-order valence-corrected chi connectivity index (χ1v) is 8.12. The van der Waals surface area contributed by atoms with Gasteiger partial charge in [0.2, 0.25) is 5.65 Å². The summed E-state index contributed by atoms with van der Waals surface area (Å²) in [4.78, 5) is 33.9. The van der Waals surface area contributed by atoms with Crippen molar-refractivity contribution in [2.45, 2.75) is 19.5 Å². The van der Waals surface area contributed by atoms with Crippen molar-refractivity contribution in [1.82, 2.24) is 23.9 Å². The highest BCUT2D eigenvalue weighted by molar-refractivity contribution is 5.90. The number of aromatic nitrogens is 5. The lowest BCUT2D eigenvalue weighted by Gasteiger charge is -2.16. The largest absolute Gasteiger partial charge is 0.476 e. The number of rotatable bonds is 3. The summed E-state index contributed by atoms with van der Waals surface area (Å²) in [5.41, 5.74) is -2.14. The fourth-order valence-electron chi connectivity index (χ4n) is 3.25. The number of aromatic amines is 1. The molecule has 0 amide bonds. The van der Waals surface area contributed by atoms with Gasteiger partial charge in [-0.05, 0) is 18.6 Å². The molecule has 3 heterocycles. The summed E-state index contributed by atoms with van der Waals surface area (Å²) in [7, 11) is 0. The van der Waals surface area contributed by atoms with E-state index in [0.29, 0.717) is 0 Å². The minimum atomic E-state index is -4.69. The topological polar surface area (TPSA) is 105 Å². The van der Waals surface area contributed by atoms with Crippen molar-refractivity contribution in [2.24, 2.45) is 0 Å². The normalized spacial score (nSPS) is 12.1. The molecule has 144 valence electrons. The fraction of sp³-hybridized carbons (Fsp3) is 0.176. The molecule has 0 aliphatic carbocycles. The number of alkyl halides is 3. The number of hydrogen-bond donors (Lipinski definition) is 2. The lowest BCUT2D eigenvalue weighted by Crippen LogP contribution is -2.15. The van der Waals surface area contributed by atoms with Crippen molar-refractivity contribution in [3.05, 3.63) is 58.2 Å². The zero-order valence-corrected chi connectivity index (χ0v) is 14.3. The number of hydrogen-bond acceptors (Lipinski definition) is 4. The predicted molar refractivity (Wildman–Crippen MR) is 91.8 cm³/mol. The molecular weight excluding hydrogens is 379 g/mol. The third-order valence-corrected chi connectivity index (χ3v) is 4.40. The molecule has 0 saturated carbocycles. The van der Waals surface area contributed by atoms with Crippen molar-refractivity contribution in [1.29, 1.82) is 0 Å². The first-order chi connectivity index (χ1) is 13.2. The zero-order chi connectivity index (χ0) is 20.2. The van der Waals surface area contributed by atoms with Crippen LogP contribution < -0.4 is 5.56 Å². The third-order valence-electron chi connectivity index (χ3n) is 4.40. The molecule has 4 aromatic rings. The highest BCUT2D eigenvalue weighted by Gasteiger charge is 2.35. The van der Waals surface area contributed by atoms with Crippen LogP contribution in [0.4, 0.5) is 13.2 Å². The maximum atomic E-state index is 13.6. The first kappa shape index (κ1) is 17.8. The van der Waals surface area contributed by atoms with Gasteiger partial charge in [-0.1, -0.05) is 6.92 Å². The van der Waals surface area contributed by atoms with Gasteiger partial charge in [-0.25, -0.2) is 14.8 Å². The van der Waals surface area contributed by atoms with Gasteiger partial charge in [-0.15, -0.1) is 0 Å². The van der Waals surface area contributed by atoms with Gasteiger partial charge in [-0.2, -0.15) is 13.2 Å². The summed E-state index contributed by atoms with van der Waals surface area (Å²) in [5.74, 6) is -1.32. The Bertz CT molecular complexity index is 1290. The molecule has 4 rings (SSSR count). The average Bonchev–Trinajstić information content (AvgIpc) is 3.28. The van der Waals surface area contributed by atoms with Gasteiger partial charge in [0.25, 0.3) is 5.56 Å². The summed E-state index contributed by atoms with van der Waals surface area (Å²) in [6.07, 6.45) is -0.561. The van der Waals surface area contributed by atoms with Crippen molar-refractivity contribution < 1.29 is 23.1 Å². The highest BCUT2D eigenvalue weighted by atomic mass is 19.4. The van der Waals surface area contributed by atoms with E-state index in [4.69, 9.17) is 0 Å². The molecule has 2 N–H and O–H groups in total. The van der Waals surface area contributed by atoms with Crippen LogP contribution in [0.25, 0.3) is 22.4 Å². The van der Waals surface area contributed by atoms with Crippen LogP contribution in [0.2, 0.25) is 0 Å². The number of nitrogens with zero attached hydrogens (tertiary/aromatic N) is 4. The van der Waals surface area contributed by atoms with Crippen LogP contribution in [0.1, 0.15) is 28.7 Å². The number of H-pyrrole nitrogens is 1. The number of carbonyl (C=O) groups is 1. The third kappa shape index (κ3) is 2.54. The smallest absolute Gasteiger partial charge is 0.418 e. The summed E-state index contributed by atoms with van der Waals surface area (Å²) < 4.78 is 43.3. The molecule has 8 nitrogen and oxygen atoms in total. The molecule has 0 radical (unpaired) electrons. The second-order valence-electron chi connectivity index (χ2n) is 6.03. The maximum Gasteiger partial charge on any atom is 0.418 e. The molecule has 0 aliphatic rings. The Morgan fingerprint density at radius 2 is 2.07 bits per heavy atom. The number of carboxylic acids is 1. The summed E-state index contributed by atoms with van der Waals surface area (Å²) in [6, 6.07) is 2.06. The van der Waals surface area contributed by atoms with Crippen molar-refractivity contribution in [3.8, 4) is 5.69 Å². The van der Waals surface area contributed by atoms with Crippen LogP contribution >= 0.6 is 0 Å². The van der Waals surface area contributed by atoms with Crippen molar-refractivity contribution >= 4 is 22.6 Å². The lowest BCUT2D eigenvalue weighted by molar-refractivity contribution is -0.137. The molecular formula is C17H12F3N5O3. The van der Waals surface area contributed by atoms with E-state index >= 15 is 0 Å². The molecule has 0 aliphatic heterocycles. The van der Waals surface area contributed by atoms with Gasteiger partial charge < -0.3 is 14.7 Å². The summed E-state index contributed by atoms with van der Waals surface area (Å²) in [5, 5.41) is 9.37. The van der Waals surface area contributed by atoms with Gasteiger partial charge in [0, 0.05) is 12.4 Å². The Morgan fingerprint density at radius 1 is 1.32 bits per heavy atom. The molecule has 0 saturated heterocycles. The van der Waals surface area contributed by atoms with E-state index in [1.54, 1.807) is 6.92 Å². The Kier molecular flexibility index (Phi) is 3.77. The summed E-state index contributed by atoms with van der Waals surface area (Å²) >= 11 is 0. The Labute approximate surface area is 153 Å². The standard InChI is InChI=1S/C17H12F3N5O3/c1-2-10-13(16(27)28)23-14-15(26)22-9-5-8(17(18,19)20)11(6-12(9)25(10)14)24-4-3-21-7-24/h3-7H,2H2,1H3,(H,22,26)(H,27,28). The fourth-order valence-corrected chi connectivity index (χ4v) is 3.25. The molecule has 1 aromatic carbocycles. The molecule has 0 spiro atoms. The van der Waals surface area contributed by atoms with E-state index in [2.05, 4.69) is 15.0 Å². The number of imidazole rings is 2. The van der Waals surface area contributed by atoms with Crippen molar-refractivity contribution in [2.75, 3.05) is 0 Å². The van der Waals surface area contributed by atoms with Gasteiger partial charge in [0.1, 0.15) is 0 Å². The van der Waals surface area contributed by atoms with Gasteiger partial charge >= 0.3 is 12.1 Å². The molecule has 11 heteroatoms. The number of aromatic carboxylic acids is 1. The van der Waals surface area contributed by atoms with Gasteiger partial charge in [-0.3, -0.25) is 9.20 Å². The Morgan fingerprint density at radius 3 is 2.64 bits per heavy atom.